The van der Waals surface area contributed by atoms with Crippen LogP contribution in [-0.4, -0.2) is 17.6 Å². The molecule has 0 aromatic heterocycles. The Bertz CT molecular complexity index is 542. The molecule has 0 atom stereocenters. The van der Waals surface area contributed by atoms with Crippen LogP contribution in [0.4, 0.5) is 11.4 Å². The molecule has 25 heavy (non-hydrogen) atoms. The van der Waals surface area contributed by atoms with E-state index in [1.165, 1.54) is 6.42 Å². The van der Waals surface area contributed by atoms with E-state index < -0.39 is 0 Å². The van der Waals surface area contributed by atoms with Crippen LogP contribution in [-0.2, 0) is 0 Å². The topological polar surface area (TPSA) is 81.5 Å². The highest BCUT2D eigenvalue weighted by molar-refractivity contribution is 6.17. The first-order chi connectivity index (χ1) is 12.1. The number of hydrogen-bond acceptors (Lipinski definition) is 4. The molecule has 0 radical (unpaired) electrons. The van der Waals surface area contributed by atoms with Crippen molar-refractivity contribution in [2.75, 3.05) is 24.0 Å². The second kappa shape index (κ2) is 15.5. The van der Waals surface area contributed by atoms with E-state index in [1.807, 2.05) is 24.3 Å². The number of hydrogen-bond donors (Lipinski definition) is 3. The quantitative estimate of drug-likeness (QED) is 0.275. The summed E-state index contributed by atoms with van der Waals surface area (Å²) < 4.78 is 5.45. The molecule has 0 heterocycles. The Morgan fingerprint density at radius 1 is 0.880 bits per heavy atom. The zero-order valence-corrected chi connectivity index (χ0v) is 16.0. The number of halogens is 1. The number of benzene rings is 2. The largest absolute Gasteiger partial charge is 0.506 e. The molecule has 0 saturated carbocycles. The van der Waals surface area contributed by atoms with Gasteiger partial charge in [0.2, 0.25) is 0 Å². The Kier molecular flexibility index (Phi) is 14.2. The average molecular weight is 367 g/mol. The van der Waals surface area contributed by atoms with Crippen LogP contribution in [0.15, 0.2) is 48.5 Å². The van der Waals surface area contributed by atoms with Gasteiger partial charge in [-0.3, -0.25) is 0 Å². The molecule has 140 valence electrons. The van der Waals surface area contributed by atoms with E-state index in [0.717, 1.165) is 37.5 Å². The van der Waals surface area contributed by atoms with Gasteiger partial charge in [-0.15, -0.1) is 11.6 Å². The second-order valence-corrected chi connectivity index (χ2v) is 5.72. The third kappa shape index (κ3) is 12.0. The Morgan fingerprint density at radius 3 is 1.84 bits per heavy atom. The van der Waals surface area contributed by atoms with Crippen molar-refractivity contribution in [1.82, 2.24) is 0 Å². The SMILES string of the molecule is CCCCCl.CCCCOc1ccccc1N.Nc1ccccc1O. The molecule has 5 N–H and O–H groups in total. The van der Waals surface area contributed by atoms with E-state index in [1.54, 1.807) is 24.3 Å². The number of unbranched alkanes of at least 4 members (excludes halogenated alkanes) is 2. The minimum absolute atomic E-state index is 0.146. The first kappa shape index (κ1) is 22.9. The predicted molar refractivity (Wildman–Crippen MR) is 109 cm³/mol. The van der Waals surface area contributed by atoms with Gasteiger partial charge in [-0.05, 0) is 37.1 Å². The molecular formula is C20H31ClN2O2. The summed E-state index contributed by atoms with van der Waals surface area (Å²) in [6.07, 6.45) is 4.59. The highest BCUT2D eigenvalue weighted by Crippen LogP contribution is 2.19. The van der Waals surface area contributed by atoms with Crippen LogP contribution >= 0.6 is 11.6 Å². The lowest BCUT2D eigenvalue weighted by atomic mass is 10.3. The fraction of sp³-hybridized carbons (Fsp3) is 0.400. The van der Waals surface area contributed by atoms with Gasteiger partial charge in [0, 0.05) is 5.88 Å². The lowest BCUT2D eigenvalue weighted by molar-refractivity contribution is 0.311. The van der Waals surface area contributed by atoms with Crippen molar-refractivity contribution in [3.63, 3.8) is 0 Å². The van der Waals surface area contributed by atoms with Gasteiger partial charge in [0.05, 0.1) is 18.0 Å². The molecular weight excluding hydrogens is 336 g/mol. The maximum Gasteiger partial charge on any atom is 0.142 e. The van der Waals surface area contributed by atoms with Crippen molar-refractivity contribution in [3.05, 3.63) is 48.5 Å². The number of alkyl halides is 1. The molecule has 0 aliphatic carbocycles. The summed E-state index contributed by atoms with van der Waals surface area (Å²) in [6.45, 7) is 5.02. The summed E-state index contributed by atoms with van der Waals surface area (Å²) >= 11 is 5.30. The van der Waals surface area contributed by atoms with Crippen LogP contribution in [0, 0.1) is 0 Å². The molecule has 0 fully saturated rings. The number of rotatable bonds is 6. The fourth-order valence-corrected chi connectivity index (χ4v) is 1.83. The highest BCUT2D eigenvalue weighted by Gasteiger charge is 1.96. The molecule has 0 aliphatic rings. The van der Waals surface area contributed by atoms with Crippen molar-refractivity contribution in [2.24, 2.45) is 0 Å². The number of phenols is 1. The number of phenolic OH excluding ortho intramolecular Hbond substituents is 1. The van der Waals surface area contributed by atoms with E-state index in [-0.39, 0.29) is 5.75 Å². The molecule has 0 unspecified atom stereocenters. The van der Waals surface area contributed by atoms with Gasteiger partial charge < -0.3 is 21.3 Å². The normalized spacial score (nSPS) is 9.24. The molecule has 2 rings (SSSR count). The van der Waals surface area contributed by atoms with Crippen molar-refractivity contribution >= 4 is 23.0 Å². The van der Waals surface area contributed by atoms with Crippen molar-refractivity contribution in [2.45, 2.75) is 39.5 Å². The zero-order valence-electron chi connectivity index (χ0n) is 15.2. The lowest BCUT2D eigenvalue weighted by Gasteiger charge is -2.06. The Morgan fingerprint density at radius 2 is 1.44 bits per heavy atom. The van der Waals surface area contributed by atoms with E-state index in [9.17, 15) is 0 Å². The third-order valence-electron chi connectivity index (χ3n) is 3.10. The minimum Gasteiger partial charge on any atom is -0.506 e. The molecule has 0 spiro atoms. The fourth-order valence-electron chi connectivity index (χ4n) is 1.56. The average Bonchev–Trinajstić information content (AvgIpc) is 2.61. The molecule has 2 aromatic rings. The Hall–Kier alpha value is -2.07. The summed E-state index contributed by atoms with van der Waals surface area (Å²) in [5, 5.41) is 8.79. The summed E-state index contributed by atoms with van der Waals surface area (Å²) in [7, 11) is 0. The number of nitrogens with two attached hydrogens (primary N) is 2. The van der Waals surface area contributed by atoms with Gasteiger partial charge in [-0.1, -0.05) is 51.0 Å². The predicted octanol–water partition coefficient (Wildman–Crippen LogP) is 5.45. The van der Waals surface area contributed by atoms with E-state index >= 15 is 0 Å². The molecule has 0 amide bonds. The van der Waals surface area contributed by atoms with Gasteiger partial charge in [-0.2, -0.15) is 0 Å². The smallest absolute Gasteiger partial charge is 0.142 e. The first-order valence-corrected chi connectivity index (χ1v) is 9.16. The number of para-hydroxylation sites is 4. The van der Waals surface area contributed by atoms with Crippen LogP contribution in [0.25, 0.3) is 0 Å². The number of anilines is 2. The van der Waals surface area contributed by atoms with Gasteiger partial charge >= 0.3 is 0 Å². The Labute approximate surface area is 156 Å². The molecule has 0 aliphatic heterocycles. The number of aromatic hydroxyl groups is 1. The molecule has 4 nitrogen and oxygen atoms in total. The standard InChI is InChI=1S/C10H15NO.C6H7NO.C4H9Cl/c1-2-3-8-12-10-7-5-4-6-9(10)11;7-5-3-1-2-4-6(5)8;1-2-3-4-5/h4-7H,2-3,8,11H2,1H3;1-4,8H,7H2;2-4H2,1H3. The monoisotopic (exact) mass is 366 g/mol. The van der Waals surface area contributed by atoms with Crippen molar-refractivity contribution < 1.29 is 9.84 Å². The molecule has 5 heteroatoms. The van der Waals surface area contributed by atoms with Gasteiger partial charge in [-0.25, -0.2) is 0 Å². The second-order valence-electron chi connectivity index (χ2n) is 5.34. The highest BCUT2D eigenvalue weighted by atomic mass is 35.5. The number of ether oxygens (including phenoxy) is 1. The van der Waals surface area contributed by atoms with Crippen LogP contribution in [0.5, 0.6) is 11.5 Å². The maximum absolute atomic E-state index is 8.79. The maximum atomic E-state index is 8.79. The van der Waals surface area contributed by atoms with Crippen LogP contribution in [0.1, 0.15) is 39.5 Å². The minimum atomic E-state index is 0.146. The van der Waals surface area contributed by atoms with E-state index in [0.29, 0.717) is 11.4 Å². The first-order valence-electron chi connectivity index (χ1n) is 8.63. The van der Waals surface area contributed by atoms with Crippen LogP contribution < -0.4 is 16.2 Å². The zero-order chi connectivity index (χ0) is 18.9. The summed E-state index contributed by atoms with van der Waals surface area (Å²) in [6, 6.07) is 14.3. The van der Waals surface area contributed by atoms with Crippen molar-refractivity contribution in [3.8, 4) is 11.5 Å². The van der Waals surface area contributed by atoms with Crippen LogP contribution in [0.3, 0.4) is 0 Å². The molecule has 0 bridgehead atoms. The summed E-state index contributed by atoms with van der Waals surface area (Å²) in [5.74, 6) is 1.76. The van der Waals surface area contributed by atoms with Crippen molar-refractivity contribution in [1.29, 1.82) is 0 Å². The lowest BCUT2D eigenvalue weighted by Crippen LogP contribution is -1.99. The molecule has 0 saturated heterocycles. The van der Waals surface area contributed by atoms with Gasteiger partial charge in [0.15, 0.2) is 0 Å². The van der Waals surface area contributed by atoms with E-state index in [4.69, 9.17) is 32.9 Å². The van der Waals surface area contributed by atoms with Crippen LogP contribution in [0.2, 0.25) is 0 Å². The van der Waals surface area contributed by atoms with Gasteiger partial charge in [0.25, 0.3) is 0 Å². The van der Waals surface area contributed by atoms with Gasteiger partial charge in [0.1, 0.15) is 11.5 Å². The molecule has 2 aromatic carbocycles. The third-order valence-corrected chi connectivity index (χ3v) is 3.37. The summed E-state index contributed by atoms with van der Waals surface area (Å²) in [5.41, 5.74) is 12.1. The van der Waals surface area contributed by atoms with E-state index in [2.05, 4.69) is 13.8 Å². The Balaban J connectivity index is 0.000000382. The number of nitrogen functional groups attached to an aromatic ring is 2. The summed E-state index contributed by atoms with van der Waals surface area (Å²) in [4.78, 5) is 0.